The number of nitrogens with two attached hydrogens (primary N) is 1. The predicted octanol–water partition coefficient (Wildman–Crippen LogP) is 0.798. The van der Waals surface area contributed by atoms with Gasteiger partial charge in [0, 0.05) is 11.8 Å². The topological polar surface area (TPSA) is 72.5 Å². The molecule has 0 saturated carbocycles. The van der Waals surface area contributed by atoms with Gasteiger partial charge in [0.05, 0.1) is 0 Å². The van der Waals surface area contributed by atoms with E-state index in [4.69, 9.17) is 5.14 Å². The van der Waals surface area contributed by atoms with Crippen LogP contribution in [-0.4, -0.2) is 16.4 Å². The van der Waals surface area contributed by atoms with Crippen LogP contribution in [0.4, 0.5) is 0 Å². The van der Waals surface area contributed by atoms with Gasteiger partial charge in [0.25, 0.3) is 5.91 Å². The first-order chi connectivity index (χ1) is 5.99. The van der Waals surface area contributed by atoms with Crippen molar-refractivity contribution in [3.63, 3.8) is 0 Å². The van der Waals surface area contributed by atoms with Crippen LogP contribution < -0.4 is 5.14 Å². The third kappa shape index (κ3) is 3.35. The molecule has 1 aromatic rings. The smallest absolute Gasteiger partial charge is 0.266 e. The monoisotopic (exact) mass is 198 g/mol. The molecule has 0 aliphatic carbocycles. The van der Waals surface area contributed by atoms with Crippen molar-refractivity contribution in [3.8, 4) is 0 Å². The molecule has 1 amide bonds. The van der Waals surface area contributed by atoms with Gasteiger partial charge in [-0.3, -0.25) is 4.79 Å². The lowest BCUT2D eigenvalue weighted by Crippen LogP contribution is -2.11. The number of amides is 1. The molecule has 13 heavy (non-hydrogen) atoms. The number of benzene rings is 1. The van der Waals surface area contributed by atoms with Crippen LogP contribution in [-0.2, 0) is 9.92 Å². The SMILES string of the molecule is C[S@](N)(=O)=NC(=O)c1ccccc1. The van der Waals surface area contributed by atoms with Gasteiger partial charge in [-0.05, 0) is 12.1 Å². The van der Waals surface area contributed by atoms with Gasteiger partial charge in [-0.15, -0.1) is 4.36 Å². The summed E-state index contributed by atoms with van der Waals surface area (Å²) in [4.78, 5) is 11.2. The molecule has 1 atom stereocenters. The minimum Gasteiger partial charge on any atom is -0.266 e. The van der Waals surface area contributed by atoms with E-state index in [1.807, 2.05) is 0 Å². The molecule has 0 fully saturated rings. The minimum atomic E-state index is -2.85. The highest BCUT2D eigenvalue weighted by Crippen LogP contribution is 2.01. The van der Waals surface area contributed by atoms with E-state index >= 15 is 0 Å². The van der Waals surface area contributed by atoms with Crippen LogP contribution >= 0.6 is 0 Å². The number of hydrogen-bond donors (Lipinski definition) is 1. The molecule has 0 saturated heterocycles. The summed E-state index contributed by atoms with van der Waals surface area (Å²) in [6.45, 7) is 0. The van der Waals surface area contributed by atoms with E-state index in [0.29, 0.717) is 5.56 Å². The molecule has 0 radical (unpaired) electrons. The summed E-state index contributed by atoms with van der Waals surface area (Å²) >= 11 is 0. The van der Waals surface area contributed by atoms with Gasteiger partial charge in [0.1, 0.15) is 9.92 Å². The molecule has 2 N–H and O–H groups in total. The number of rotatable bonds is 1. The summed E-state index contributed by atoms with van der Waals surface area (Å²) < 4.78 is 14.3. The number of carbonyl (C=O) groups excluding carboxylic acids is 1. The van der Waals surface area contributed by atoms with Gasteiger partial charge >= 0.3 is 0 Å². The van der Waals surface area contributed by atoms with Gasteiger partial charge < -0.3 is 0 Å². The first kappa shape index (κ1) is 9.88. The van der Waals surface area contributed by atoms with Gasteiger partial charge in [0.2, 0.25) is 0 Å². The van der Waals surface area contributed by atoms with Crippen LogP contribution in [0.15, 0.2) is 34.7 Å². The summed E-state index contributed by atoms with van der Waals surface area (Å²) in [6.07, 6.45) is 1.22. The summed E-state index contributed by atoms with van der Waals surface area (Å²) in [7, 11) is -2.85. The lowest BCUT2D eigenvalue weighted by molar-refractivity contribution is 0.100. The summed E-state index contributed by atoms with van der Waals surface area (Å²) in [5.41, 5.74) is 0.391. The van der Waals surface area contributed by atoms with E-state index < -0.39 is 15.8 Å². The third-order valence-corrected chi connectivity index (χ3v) is 1.81. The maximum Gasteiger partial charge on any atom is 0.286 e. The van der Waals surface area contributed by atoms with E-state index in [-0.39, 0.29) is 0 Å². The standard InChI is InChI=1S/C8H10N2O2S/c1-13(9,12)10-8(11)7-5-3-2-4-6-7/h2-6H,1H3,(H2,9,10,11,12)/t13-/m1/s1. The van der Waals surface area contributed by atoms with Gasteiger partial charge in [-0.25, -0.2) is 9.35 Å². The van der Waals surface area contributed by atoms with Crippen LogP contribution in [0.3, 0.4) is 0 Å². The molecule has 0 bridgehead atoms. The second kappa shape index (κ2) is 3.68. The Kier molecular flexibility index (Phi) is 2.79. The zero-order chi connectivity index (χ0) is 9.90. The molecule has 1 rings (SSSR count). The lowest BCUT2D eigenvalue weighted by atomic mass is 10.2. The Hall–Kier alpha value is -1.20. The van der Waals surface area contributed by atoms with E-state index in [1.54, 1.807) is 30.3 Å². The van der Waals surface area contributed by atoms with Crippen LogP contribution in [0.25, 0.3) is 0 Å². The first-order valence-electron chi connectivity index (χ1n) is 3.58. The Bertz CT molecular complexity index is 411. The fraction of sp³-hybridized carbons (Fsp3) is 0.125. The third-order valence-electron chi connectivity index (χ3n) is 1.28. The Balaban J connectivity index is 3.02. The zero-order valence-electron chi connectivity index (χ0n) is 7.14. The Morgan fingerprint density at radius 1 is 1.38 bits per heavy atom. The van der Waals surface area contributed by atoms with E-state index in [2.05, 4.69) is 4.36 Å². The van der Waals surface area contributed by atoms with E-state index in [1.165, 1.54) is 6.26 Å². The zero-order valence-corrected chi connectivity index (χ0v) is 7.95. The summed E-state index contributed by atoms with van der Waals surface area (Å²) in [5, 5.41) is 5.11. The molecule has 0 aliphatic heterocycles. The summed E-state index contributed by atoms with van der Waals surface area (Å²) in [5.74, 6) is -0.546. The molecule has 0 spiro atoms. The van der Waals surface area contributed by atoms with Crippen molar-refractivity contribution in [1.29, 1.82) is 0 Å². The molecule has 0 unspecified atom stereocenters. The molecule has 70 valence electrons. The molecule has 0 heterocycles. The van der Waals surface area contributed by atoms with Crippen molar-refractivity contribution in [2.75, 3.05) is 6.26 Å². The summed E-state index contributed by atoms with van der Waals surface area (Å²) in [6, 6.07) is 8.38. The highest BCUT2D eigenvalue weighted by atomic mass is 32.2. The minimum absolute atomic E-state index is 0.391. The fourth-order valence-corrected chi connectivity index (χ4v) is 1.23. The lowest BCUT2D eigenvalue weighted by Gasteiger charge is -1.95. The molecule has 0 aromatic heterocycles. The molecular weight excluding hydrogens is 188 g/mol. The fourth-order valence-electron chi connectivity index (χ4n) is 0.798. The Morgan fingerprint density at radius 2 is 1.92 bits per heavy atom. The average molecular weight is 198 g/mol. The largest absolute Gasteiger partial charge is 0.286 e. The highest BCUT2D eigenvalue weighted by molar-refractivity contribution is 7.91. The number of hydrogen-bond acceptors (Lipinski definition) is 2. The van der Waals surface area contributed by atoms with Crippen molar-refractivity contribution in [1.82, 2.24) is 0 Å². The maximum absolute atomic E-state index is 11.2. The van der Waals surface area contributed by atoms with Gasteiger partial charge in [0.15, 0.2) is 0 Å². The Morgan fingerprint density at radius 3 is 2.38 bits per heavy atom. The number of carbonyl (C=O) groups is 1. The van der Waals surface area contributed by atoms with Crippen molar-refractivity contribution in [3.05, 3.63) is 35.9 Å². The molecule has 5 heteroatoms. The van der Waals surface area contributed by atoms with E-state index in [9.17, 15) is 9.00 Å². The second-order valence-electron chi connectivity index (χ2n) is 2.62. The number of nitrogens with zero attached hydrogens (tertiary/aromatic N) is 1. The van der Waals surface area contributed by atoms with Gasteiger partial charge in [-0.1, -0.05) is 18.2 Å². The molecule has 1 aromatic carbocycles. The van der Waals surface area contributed by atoms with Gasteiger partial charge in [-0.2, -0.15) is 0 Å². The van der Waals surface area contributed by atoms with Crippen molar-refractivity contribution >= 4 is 15.8 Å². The molecule has 4 nitrogen and oxygen atoms in total. The van der Waals surface area contributed by atoms with E-state index in [0.717, 1.165) is 0 Å². The second-order valence-corrected chi connectivity index (χ2v) is 4.53. The maximum atomic E-state index is 11.2. The molecule has 0 aliphatic rings. The normalized spacial score (nSPS) is 14.6. The highest BCUT2D eigenvalue weighted by Gasteiger charge is 2.03. The average Bonchev–Trinajstić information content (AvgIpc) is 2.03. The predicted molar refractivity (Wildman–Crippen MR) is 51.5 cm³/mol. The van der Waals surface area contributed by atoms with Crippen LogP contribution in [0, 0.1) is 0 Å². The van der Waals surface area contributed by atoms with Crippen LogP contribution in [0.1, 0.15) is 10.4 Å². The first-order valence-corrected chi connectivity index (χ1v) is 5.57. The van der Waals surface area contributed by atoms with Crippen LogP contribution in [0.5, 0.6) is 0 Å². The van der Waals surface area contributed by atoms with Crippen molar-refractivity contribution in [2.24, 2.45) is 9.50 Å². The quantitative estimate of drug-likeness (QED) is 0.724. The Labute approximate surface area is 77.1 Å². The van der Waals surface area contributed by atoms with Crippen molar-refractivity contribution in [2.45, 2.75) is 0 Å². The van der Waals surface area contributed by atoms with Crippen LogP contribution in [0.2, 0.25) is 0 Å². The van der Waals surface area contributed by atoms with Crippen molar-refractivity contribution < 1.29 is 9.00 Å². The molecular formula is C8H10N2O2S.